The van der Waals surface area contributed by atoms with Crippen molar-refractivity contribution in [2.24, 2.45) is 5.92 Å². The summed E-state index contributed by atoms with van der Waals surface area (Å²) in [5.41, 5.74) is 4.48. The summed E-state index contributed by atoms with van der Waals surface area (Å²) in [7, 11) is 0. The standard InChI is InChI=1S/C17H20N2O/c1-12-9-14-5-3-4-6-17(14)19(11-12)15-7-8-16(13(2)20)18-10-15/h3-8,10,12-13,20H,9,11H2,1-2H3. The van der Waals surface area contributed by atoms with Crippen molar-refractivity contribution in [1.29, 1.82) is 0 Å². The molecule has 0 spiro atoms. The molecule has 2 unspecified atom stereocenters. The van der Waals surface area contributed by atoms with Gasteiger partial charge in [0.15, 0.2) is 0 Å². The number of fused-ring (bicyclic) bond motifs is 1. The molecule has 0 bridgehead atoms. The van der Waals surface area contributed by atoms with Crippen LogP contribution < -0.4 is 4.90 Å². The zero-order chi connectivity index (χ0) is 14.1. The normalized spacial score (nSPS) is 19.6. The molecule has 0 aliphatic carbocycles. The van der Waals surface area contributed by atoms with Crippen molar-refractivity contribution in [3.63, 3.8) is 0 Å². The maximum Gasteiger partial charge on any atom is 0.0931 e. The molecular weight excluding hydrogens is 248 g/mol. The number of rotatable bonds is 2. The van der Waals surface area contributed by atoms with E-state index < -0.39 is 6.10 Å². The Kier molecular flexibility index (Phi) is 3.45. The van der Waals surface area contributed by atoms with Crippen LogP contribution in [0.1, 0.15) is 31.2 Å². The summed E-state index contributed by atoms with van der Waals surface area (Å²) in [4.78, 5) is 6.68. The maximum atomic E-state index is 9.55. The summed E-state index contributed by atoms with van der Waals surface area (Å²) in [6.45, 7) is 5.02. The number of aromatic nitrogens is 1. The van der Waals surface area contributed by atoms with Crippen molar-refractivity contribution in [2.45, 2.75) is 26.4 Å². The van der Waals surface area contributed by atoms with E-state index in [0.29, 0.717) is 11.6 Å². The van der Waals surface area contributed by atoms with Crippen LogP contribution in [-0.2, 0) is 6.42 Å². The number of nitrogens with zero attached hydrogens (tertiary/aromatic N) is 2. The van der Waals surface area contributed by atoms with Crippen LogP contribution in [0.4, 0.5) is 11.4 Å². The zero-order valence-electron chi connectivity index (χ0n) is 12.0. The first-order chi connectivity index (χ1) is 9.65. The lowest BCUT2D eigenvalue weighted by molar-refractivity contribution is 0.194. The molecule has 2 aromatic rings. The SMILES string of the molecule is CC1Cc2ccccc2N(c2ccc(C(C)O)nc2)C1. The largest absolute Gasteiger partial charge is 0.387 e. The van der Waals surface area contributed by atoms with E-state index in [4.69, 9.17) is 0 Å². The predicted molar refractivity (Wildman–Crippen MR) is 81.2 cm³/mol. The van der Waals surface area contributed by atoms with Crippen LogP contribution in [0.2, 0.25) is 0 Å². The highest BCUT2D eigenvalue weighted by Crippen LogP contribution is 2.35. The Balaban J connectivity index is 1.97. The number of aliphatic hydroxyl groups is 1. The molecule has 104 valence electrons. The van der Waals surface area contributed by atoms with Crippen molar-refractivity contribution in [3.8, 4) is 0 Å². The van der Waals surface area contributed by atoms with Gasteiger partial charge in [0.1, 0.15) is 0 Å². The van der Waals surface area contributed by atoms with Crippen LogP contribution >= 0.6 is 0 Å². The number of aliphatic hydroxyl groups excluding tert-OH is 1. The van der Waals surface area contributed by atoms with Crippen molar-refractivity contribution in [1.82, 2.24) is 4.98 Å². The molecule has 0 fully saturated rings. The fraction of sp³-hybridized carbons (Fsp3) is 0.353. The topological polar surface area (TPSA) is 36.4 Å². The van der Waals surface area contributed by atoms with Gasteiger partial charge >= 0.3 is 0 Å². The molecule has 3 rings (SSSR count). The second-order valence-electron chi connectivity index (χ2n) is 5.67. The van der Waals surface area contributed by atoms with Gasteiger partial charge in [-0.05, 0) is 43.0 Å². The second kappa shape index (κ2) is 5.25. The van der Waals surface area contributed by atoms with Gasteiger partial charge in [0.2, 0.25) is 0 Å². The van der Waals surface area contributed by atoms with E-state index in [0.717, 1.165) is 18.7 Å². The molecule has 1 aromatic carbocycles. The number of benzene rings is 1. The van der Waals surface area contributed by atoms with Crippen LogP contribution in [0.25, 0.3) is 0 Å². The van der Waals surface area contributed by atoms with Gasteiger partial charge < -0.3 is 10.0 Å². The average Bonchev–Trinajstić information content (AvgIpc) is 2.46. The van der Waals surface area contributed by atoms with E-state index in [-0.39, 0.29) is 0 Å². The van der Waals surface area contributed by atoms with Gasteiger partial charge in [-0.3, -0.25) is 4.98 Å². The van der Waals surface area contributed by atoms with Crippen molar-refractivity contribution in [2.75, 3.05) is 11.4 Å². The molecule has 0 radical (unpaired) electrons. The maximum absolute atomic E-state index is 9.55. The van der Waals surface area contributed by atoms with E-state index in [1.165, 1.54) is 11.3 Å². The summed E-state index contributed by atoms with van der Waals surface area (Å²) in [6, 6.07) is 12.5. The fourth-order valence-corrected chi connectivity index (χ4v) is 2.85. The Hall–Kier alpha value is -1.87. The minimum absolute atomic E-state index is 0.517. The first-order valence-electron chi connectivity index (χ1n) is 7.14. The lowest BCUT2D eigenvalue weighted by atomic mass is 9.93. The van der Waals surface area contributed by atoms with Crippen LogP contribution in [0.15, 0.2) is 42.6 Å². The number of hydrogen-bond acceptors (Lipinski definition) is 3. The minimum atomic E-state index is -0.517. The molecule has 2 atom stereocenters. The predicted octanol–water partition coefficient (Wildman–Crippen LogP) is 3.47. The summed E-state index contributed by atoms with van der Waals surface area (Å²) >= 11 is 0. The molecule has 0 saturated heterocycles. The van der Waals surface area contributed by atoms with Gasteiger partial charge in [-0.1, -0.05) is 25.1 Å². The molecule has 1 aromatic heterocycles. The van der Waals surface area contributed by atoms with E-state index >= 15 is 0 Å². The summed E-state index contributed by atoms with van der Waals surface area (Å²) < 4.78 is 0. The summed E-state index contributed by atoms with van der Waals surface area (Å²) in [5, 5.41) is 9.55. The van der Waals surface area contributed by atoms with Crippen LogP contribution in [-0.4, -0.2) is 16.6 Å². The molecule has 3 nitrogen and oxygen atoms in total. The highest BCUT2D eigenvalue weighted by atomic mass is 16.3. The van der Waals surface area contributed by atoms with Crippen molar-refractivity contribution < 1.29 is 5.11 Å². The highest BCUT2D eigenvalue weighted by molar-refractivity contribution is 5.67. The second-order valence-corrected chi connectivity index (χ2v) is 5.67. The van der Waals surface area contributed by atoms with Crippen LogP contribution in [0, 0.1) is 5.92 Å². The Labute approximate surface area is 119 Å². The third kappa shape index (κ3) is 2.41. The summed E-state index contributed by atoms with van der Waals surface area (Å²) in [5.74, 6) is 0.626. The molecule has 3 heteroatoms. The molecule has 0 amide bonds. The highest BCUT2D eigenvalue weighted by Gasteiger charge is 2.22. The first kappa shape index (κ1) is 13.1. The van der Waals surface area contributed by atoms with Gasteiger partial charge in [-0.15, -0.1) is 0 Å². The quantitative estimate of drug-likeness (QED) is 0.906. The first-order valence-corrected chi connectivity index (χ1v) is 7.14. The Bertz CT molecular complexity index is 592. The fourth-order valence-electron chi connectivity index (χ4n) is 2.85. The molecule has 1 N–H and O–H groups in total. The molecule has 1 aliphatic rings. The average molecular weight is 268 g/mol. The number of anilines is 2. The molecule has 2 heterocycles. The third-order valence-electron chi connectivity index (χ3n) is 3.86. The van der Waals surface area contributed by atoms with Crippen LogP contribution in [0.3, 0.4) is 0 Å². The van der Waals surface area contributed by atoms with Crippen LogP contribution in [0.5, 0.6) is 0 Å². The summed E-state index contributed by atoms with van der Waals surface area (Å²) in [6.07, 6.45) is 2.47. The number of hydrogen-bond donors (Lipinski definition) is 1. The lowest BCUT2D eigenvalue weighted by Crippen LogP contribution is -2.30. The van der Waals surface area contributed by atoms with Crippen molar-refractivity contribution >= 4 is 11.4 Å². The molecule has 0 saturated carbocycles. The monoisotopic (exact) mass is 268 g/mol. The molecule has 20 heavy (non-hydrogen) atoms. The van der Waals surface area contributed by atoms with Crippen molar-refractivity contribution in [3.05, 3.63) is 53.9 Å². The van der Waals surface area contributed by atoms with Gasteiger partial charge in [-0.25, -0.2) is 0 Å². The number of para-hydroxylation sites is 1. The van der Waals surface area contributed by atoms with Gasteiger partial charge in [-0.2, -0.15) is 0 Å². The number of pyridine rings is 1. The zero-order valence-corrected chi connectivity index (χ0v) is 12.0. The third-order valence-corrected chi connectivity index (χ3v) is 3.86. The Morgan fingerprint density at radius 2 is 2.05 bits per heavy atom. The van der Waals surface area contributed by atoms with Gasteiger partial charge in [0.25, 0.3) is 0 Å². The van der Waals surface area contributed by atoms with Gasteiger partial charge in [0.05, 0.1) is 23.7 Å². The lowest BCUT2D eigenvalue weighted by Gasteiger charge is -2.34. The van der Waals surface area contributed by atoms with Gasteiger partial charge in [0, 0.05) is 12.2 Å². The smallest absolute Gasteiger partial charge is 0.0931 e. The Morgan fingerprint density at radius 1 is 1.25 bits per heavy atom. The van der Waals surface area contributed by atoms with E-state index in [2.05, 4.69) is 41.1 Å². The Morgan fingerprint density at radius 3 is 2.75 bits per heavy atom. The van der Waals surface area contributed by atoms with E-state index in [1.807, 2.05) is 18.3 Å². The van der Waals surface area contributed by atoms with E-state index in [1.54, 1.807) is 6.92 Å². The molecule has 1 aliphatic heterocycles. The minimum Gasteiger partial charge on any atom is -0.387 e. The van der Waals surface area contributed by atoms with E-state index in [9.17, 15) is 5.11 Å². The molecular formula is C17H20N2O.